The molecule has 5 heteroatoms. The van der Waals surface area contributed by atoms with E-state index in [1.807, 2.05) is 24.3 Å². The number of hydrogen-bond donors (Lipinski definition) is 1. The van der Waals surface area contributed by atoms with Crippen LogP contribution < -0.4 is 5.32 Å². The topological polar surface area (TPSA) is 54.9 Å². The number of amides is 1. The molecule has 1 N–H and O–H groups in total. The Morgan fingerprint density at radius 2 is 1.75 bits per heavy atom. The Bertz CT molecular complexity index is 783. The molecule has 0 fully saturated rings. The lowest BCUT2D eigenvalue weighted by molar-refractivity contribution is 0.102. The first-order valence-corrected chi connectivity index (χ1v) is 6.39. The number of aromatic nitrogens is 2. The summed E-state index contributed by atoms with van der Waals surface area (Å²) in [5.74, 6) is 0.0574. The molecule has 0 aliphatic heterocycles. The average molecular weight is 284 g/mol. The largest absolute Gasteiger partial charge is 0.305 e. The van der Waals surface area contributed by atoms with Gasteiger partial charge in [-0.1, -0.05) is 29.8 Å². The molecular weight excluding hydrogens is 274 g/mol. The number of fused-ring (bicyclic) bond motifs is 1. The number of para-hydroxylation sites is 1. The molecule has 4 nitrogen and oxygen atoms in total. The van der Waals surface area contributed by atoms with E-state index in [4.69, 9.17) is 11.6 Å². The van der Waals surface area contributed by atoms with E-state index in [1.54, 1.807) is 30.6 Å². The molecule has 2 aromatic heterocycles. The second-order valence-electron chi connectivity index (χ2n) is 4.17. The summed E-state index contributed by atoms with van der Waals surface area (Å²) in [6, 6.07) is 12.6. The number of hydrogen-bond acceptors (Lipinski definition) is 3. The fraction of sp³-hybridized carbons (Fsp3) is 0. The van der Waals surface area contributed by atoms with Gasteiger partial charge in [0, 0.05) is 17.8 Å². The molecule has 1 aromatic carbocycles. The van der Waals surface area contributed by atoms with Crippen LogP contribution in [0, 0.1) is 0 Å². The zero-order valence-corrected chi connectivity index (χ0v) is 11.1. The number of nitrogens with zero attached hydrogens (tertiary/aromatic N) is 2. The number of nitrogens with one attached hydrogen (secondary N) is 1. The van der Waals surface area contributed by atoms with Crippen molar-refractivity contribution in [1.82, 2.24) is 9.97 Å². The van der Waals surface area contributed by atoms with Gasteiger partial charge in [0.2, 0.25) is 0 Å². The molecule has 0 unspecified atom stereocenters. The lowest BCUT2D eigenvalue weighted by Gasteiger charge is -2.07. The van der Waals surface area contributed by atoms with Crippen LogP contribution in [0.2, 0.25) is 5.02 Å². The monoisotopic (exact) mass is 283 g/mol. The maximum absolute atomic E-state index is 12.3. The summed E-state index contributed by atoms with van der Waals surface area (Å²) in [4.78, 5) is 20.6. The van der Waals surface area contributed by atoms with E-state index in [9.17, 15) is 4.79 Å². The second kappa shape index (κ2) is 5.27. The summed E-state index contributed by atoms with van der Waals surface area (Å²) in [5, 5.41) is 4.00. The molecule has 2 heterocycles. The van der Waals surface area contributed by atoms with E-state index in [0.717, 1.165) is 5.39 Å². The Labute approximate surface area is 120 Å². The number of carbonyl (C=O) groups is 1. The van der Waals surface area contributed by atoms with Crippen molar-refractivity contribution in [3.63, 3.8) is 0 Å². The number of carbonyl (C=O) groups excluding carboxylic acids is 1. The third kappa shape index (κ3) is 2.33. The molecule has 0 bridgehead atoms. The molecule has 3 aromatic rings. The van der Waals surface area contributed by atoms with Gasteiger partial charge in [0.1, 0.15) is 0 Å². The Kier molecular flexibility index (Phi) is 3.31. The molecule has 20 heavy (non-hydrogen) atoms. The summed E-state index contributed by atoms with van der Waals surface area (Å²) in [5.41, 5.74) is 1.14. The predicted octanol–water partition coefficient (Wildman–Crippen LogP) is 3.54. The van der Waals surface area contributed by atoms with Gasteiger partial charge >= 0.3 is 0 Å². The average Bonchev–Trinajstić information content (AvgIpc) is 2.49. The minimum absolute atomic E-state index is 0.282. The van der Waals surface area contributed by atoms with Crippen molar-refractivity contribution in [3.8, 4) is 0 Å². The van der Waals surface area contributed by atoms with Crippen LogP contribution in [0.4, 0.5) is 5.82 Å². The SMILES string of the molecule is O=C(Nc1ncccc1Cl)c1cccc2cccnc12. The Morgan fingerprint density at radius 3 is 2.60 bits per heavy atom. The highest BCUT2D eigenvalue weighted by molar-refractivity contribution is 6.33. The Morgan fingerprint density at radius 1 is 1.00 bits per heavy atom. The number of rotatable bonds is 2. The van der Waals surface area contributed by atoms with Crippen LogP contribution >= 0.6 is 11.6 Å². The molecule has 1 amide bonds. The maximum atomic E-state index is 12.3. The van der Waals surface area contributed by atoms with Gasteiger partial charge in [0.05, 0.1) is 16.1 Å². The summed E-state index contributed by atoms with van der Waals surface area (Å²) in [6.07, 6.45) is 3.23. The standard InChI is InChI=1S/C15H10ClN3O/c16-12-7-3-9-18-14(12)19-15(20)11-6-1-4-10-5-2-8-17-13(10)11/h1-9H,(H,18,19,20). The van der Waals surface area contributed by atoms with Gasteiger partial charge in [-0.15, -0.1) is 0 Å². The van der Waals surface area contributed by atoms with Crippen LogP contribution in [0.5, 0.6) is 0 Å². The van der Waals surface area contributed by atoms with Crippen molar-refractivity contribution in [3.05, 3.63) is 65.4 Å². The lowest BCUT2D eigenvalue weighted by Crippen LogP contribution is -2.14. The van der Waals surface area contributed by atoms with Crippen molar-refractivity contribution < 1.29 is 4.79 Å². The zero-order valence-electron chi connectivity index (χ0n) is 10.4. The molecule has 0 radical (unpaired) electrons. The van der Waals surface area contributed by atoms with E-state index >= 15 is 0 Å². The van der Waals surface area contributed by atoms with Gasteiger partial charge in [-0.25, -0.2) is 4.98 Å². The van der Waals surface area contributed by atoms with Crippen LogP contribution in [-0.4, -0.2) is 15.9 Å². The van der Waals surface area contributed by atoms with Crippen molar-refractivity contribution in [1.29, 1.82) is 0 Å². The summed E-state index contributed by atoms with van der Waals surface area (Å²) in [7, 11) is 0. The molecule has 0 atom stereocenters. The second-order valence-corrected chi connectivity index (χ2v) is 4.58. The Balaban J connectivity index is 1.99. The number of benzene rings is 1. The number of halogens is 1. The number of pyridine rings is 2. The Hall–Kier alpha value is -2.46. The lowest BCUT2D eigenvalue weighted by atomic mass is 10.1. The molecule has 98 valence electrons. The predicted molar refractivity (Wildman–Crippen MR) is 78.9 cm³/mol. The molecule has 0 spiro atoms. The third-order valence-electron chi connectivity index (χ3n) is 2.87. The van der Waals surface area contributed by atoms with E-state index in [2.05, 4.69) is 15.3 Å². The molecular formula is C15H10ClN3O. The fourth-order valence-electron chi connectivity index (χ4n) is 1.94. The summed E-state index contributed by atoms with van der Waals surface area (Å²) < 4.78 is 0. The van der Waals surface area contributed by atoms with E-state index in [1.165, 1.54) is 0 Å². The minimum Gasteiger partial charge on any atom is -0.305 e. The number of anilines is 1. The van der Waals surface area contributed by atoms with Crippen LogP contribution in [0.25, 0.3) is 10.9 Å². The van der Waals surface area contributed by atoms with Gasteiger partial charge in [0.15, 0.2) is 5.82 Å². The van der Waals surface area contributed by atoms with Gasteiger partial charge < -0.3 is 5.32 Å². The van der Waals surface area contributed by atoms with Gasteiger partial charge in [-0.2, -0.15) is 0 Å². The maximum Gasteiger partial charge on any atom is 0.259 e. The normalized spacial score (nSPS) is 10.4. The van der Waals surface area contributed by atoms with Gasteiger partial charge in [-0.3, -0.25) is 9.78 Å². The van der Waals surface area contributed by atoms with E-state index in [-0.39, 0.29) is 5.91 Å². The van der Waals surface area contributed by atoms with Crippen molar-refractivity contribution >= 4 is 34.2 Å². The van der Waals surface area contributed by atoms with Crippen molar-refractivity contribution in [2.24, 2.45) is 0 Å². The molecule has 0 saturated heterocycles. The van der Waals surface area contributed by atoms with Crippen molar-refractivity contribution in [2.75, 3.05) is 5.32 Å². The molecule has 0 saturated carbocycles. The smallest absolute Gasteiger partial charge is 0.259 e. The highest BCUT2D eigenvalue weighted by Gasteiger charge is 2.12. The highest BCUT2D eigenvalue weighted by atomic mass is 35.5. The van der Waals surface area contributed by atoms with E-state index < -0.39 is 0 Å². The highest BCUT2D eigenvalue weighted by Crippen LogP contribution is 2.20. The fourth-order valence-corrected chi connectivity index (χ4v) is 2.11. The zero-order chi connectivity index (χ0) is 13.9. The summed E-state index contributed by atoms with van der Waals surface area (Å²) >= 11 is 5.98. The van der Waals surface area contributed by atoms with Crippen LogP contribution in [0.3, 0.4) is 0 Å². The van der Waals surface area contributed by atoms with Crippen LogP contribution in [0.1, 0.15) is 10.4 Å². The third-order valence-corrected chi connectivity index (χ3v) is 3.17. The first kappa shape index (κ1) is 12.6. The van der Waals surface area contributed by atoms with Crippen molar-refractivity contribution in [2.45, 2.75) is 0 Å². The summed E-state index contributed by atoms with van der Waals surface area (Å²) in [6.45, 7) is 0. The first-order chi connectivity index (χ1) is 9.75. The van der Waals surface area contributed by atoms with Crippen LogP contribution in [0.15, 0.2) is 54.9 Å². The van der Waals surface area contributed by atoms with E-state index in [0.29, 0.717) is 21.9 Å². The minimum atomic E-state index is -0.282. The molecule has 0 aliphatic carbocycles. The first-order valence-electron chi connectivity index (χ1n) is 6.01. The van der Waals surface area contributed by atoms with Crippen LogP contribution in [-0.2, 0) is 0 Å². The molecule has 0 aliphatic rings. The quantitative estimate of drug-likeness (QED) is 0.783. The van der Waals surface area contributed by atoms with Gasteiger partial charge in [-0.05, 0) is 24.3 Å². The van der Waals surface area contributed by atoms with Gasteiger partial charge in [0.25, 0.3) is 5.91 Å². The molecule has 3 rings (SSSR count).